The number of carbonyl (C=O) groups is 3. The van der Waals surface area contributed by atoms with Gasteiger partial charge < -0.3 is 46.4 Å². The first-order valence-corrected chi connectivity index (χ1v) is 10.1. The Morgan fingerprint density at radius 1 is 1.27 bits per heavy atom. The first-order valence-electron chi connectivity index (χ1n) is 10.1. The summed E-state index contributed by atoms with van der Waals surface area (Å²) in [5.41, 5.74) is 6.51. The van der Waals surface area contributed by atoms with Crippen LogP contribution < -0.4 is 42.4 Å². The van der Waals surface area contributed by atoms with Gasteiger partial charge in [-0.1, -0.05) is 0 Å². The molecule has 0 radical (unpaired) electrons. The van der Waals surface area contributed by atoms with Gasteiger partial charge in [-0.25, -0.2) is 0 Å². The van der Waals surface area contributed by atoms with Gasteiger partial charge in [0.1, 0.15) is 5.69 Å². The van der Waals surface area contributed by atoms with Crippen LogP contribution in [0.25, 0.3) is 0 Å². The highest BCUT2D eigenvalue weighted by Crippen LogP contribution is 2.25. The summed E-state index contributed by atoms with van der Waals surface area (Å²) >= 11 is 0. The van der Waals surface area contributed by atoms with Crippen LogP contribution >= 0.6 is 0 Å². The molecule has 2 aromatic rings. The van der Waals surface area contributed by atoms with Crippen LogP contribution in [-0.4, -0.2) is 60.0 Å². The summed E-state index contributed by atoms with van der Waals surface area (Å²) in [6, 6.07) is 4.75. The van der Waals surface area contributed by atoms with Crippen molar-refractivity contribution in [3.05, 3.63) is 40.2 Å². The average molecular weight is 457 g/mol. The lowest BCUT2D eigenvalue weighted by Gasteiger charge is -2.35. The number of fused-ring (bicyclic) bond motifs is 1. The Bertz CT molecular complexity index is 1100. The number of carboxylic acids is 2. The summed E-state index contributed by atoms with van der Waals surface area (Å²) in [7, 11) is 1.78. The Morgan fingerprint density at radius 2 is 1.97 bits per heavy atom. The minimum Gasteiger partial charge on any atom is -0.550 e. The van der Waals surface area contributed by atoms with Crippen LogP contribution in [0.1, 0.15) is 23.2 Å². The van der Waals surface area contributed by atoms with E-state index in [0.29, 0.717) is 30.3 Å². The molecule has 13 nitrogen and oxygen atoms in total. The number of nitrogens with one attached hydrogen (secondary N) is 4. The lowest BCUT2D eigenvalue weighted by Crippen LogP contribution is -2.48. The molecule has 2 unspecified atom stereocenters. The summed E-state index contributed by atoms with van der Waals surface area (Å²) < 4.78 is 0. The SMILES string of the molecule is CN1c2c(nc(N)[nH]c2=O)NCC1CNc1ccc(C(=O)NC(CCC(=O)[O-])C(=O)[O-])cc1. The van der Waals surface area contributed by atoms with Crippen molar-refractivity contribution in [1.29, 1.82) is 0 Å². The fourth-order valence-corrected chi connectivity index (χ4v) is 3.41. The number of aromatic amines is 1. The van der Waals surface area contributed by atoms with Gasteiger partial charge in [0.25, 0.3) is 11.5 Å². The van der Waals surface area contributed by atoms with Gasteiger partial charge in [0.2, 0.25) is 5.95 Å². The number of aliphatic carboxylic acids is 2. The zero-order valence-electron chi connectivity index (χ0n) is 17.7. The maximum absolute atomic E-state index is 12.3. The van der Waals surface area contributed by atoms with Crippen molar-refractivity contribution in [1.82, 2.24) is 15.3 Å². The molecule has 1 aromatic heterocycles. The molecule has 2 heterocycles. The number of aromatic nitrogens is 2. The molecule has 3 rings (SSSR count). The predicted octanol–water partition coefficient (Wildman–Crippen LogP) is -2.93. The van der Waals surface area contributed by atoms with Crippen molar-refractivity contribution in [2.45, 2.75) is 24.9 Å². The summed E-state index contributed by atoms with van der Waals surface area (Å²) in [4.78, 5) is 54.5. The number of nitrogen functional groups attached to an aromatic ring is 1. The van der Waals surface area contributed by atoms with E-state index in [1.54, 1.807) is 24.1 Å². The minimum atomic E-state index is -1.58. The molecule has 1 aromatic carbocycles. The molecular weight excluding hydrogens is 434 g/mol. The van der Waals surface area contributed by atoms with E-state index in [4.69, 9.17) is 5.73 Å². The quantitative estimate of drug-likeness (QED) is 0.257. The lowest BCUT2D eigenvalue weighted by atomic mass is 10.1. The predicted molar refractivity (Wildman–Crippen MR) is 115 cm³/mol. The number of hydrogen-bond acceptors (Lipinski definition) is 11. The number of anilines is 4. The zero-order valence-corrected chi connectivity index (χ0v) is 17.7. The first-order chi connectivity index (χ1) is 15.7. The minimum absolute atomic E-state index is 0.0326. The number of H-pyrrole nitrogens is 1. The molecule has 1 amide bonds. The van der Waals surface area contributed by atoms with Gasteiger partial charge in [0.15, 0.2) is 5.82 Å². The number of carboxylic acid groups (broad SMARTS) is 2. The van der Waals surface area contributed by atoms with Crippen molar-refractivity contribution in [3.63, 3.8) is 0 Å². The van der Waals surface area contributed by atoms with E-state index in [9.17, 15) is 29.4 Å². The molecule has 33 heavy (non-hydrogen) atoms. The van der Waals surface area contributed by atoms with Crippen molar-refractivity contribution in [2.24, 2.45) is 0 Å². The molecule has 0 fully saturated rings. The number of carbonyl (C=O) groups excluding carboxylic acids is 3. The highest BCUT2D eigenvalue weighted by atomic mass is 16.4. The van der Waals surface area contributed by atoms with E-state index in [-0.39, 0.29) is 29.5 Å². The van der Waals surface area contributed by atoms with Crippen LogP contribution in [0.3, 0.4) is 0 Å². The van der Waals surface area contributed by atoms with E-state index in [1.165, 1.54) is 12.1 Å². The second kappa shape index (κ2) is 9.89. The molecule has 176 valence electrons. The average Bonchev–Trinajstić information content (AvgIpc) is 2.75. The Kier molecular flexibility index (Phi) is 7.00. The van der Waals surface area contributed by atoms with Crippen molar-refractivity contribution >= 4 is 41.0 Å². The van der Waals surface area contributed by atoms with Gasteiger partial charge in [-0.3, -0.25) is 14.6 Å². The lowest BCUT2D eigenvalue weighted by molar-refractivity contribution is -0.309. The summed E-state index contributed by atoms with van der Waals surface area (Å²) in [5.74, 6) is -3.22. The third-order valence-electron chi connectivity index (χ3n) is 5.23. The maximum Gasteiger partial charge on any atom is 0.278 e. The third kappa shape index (κ3) is 5.70. The summed E-state index contributed by atoms with van der Waals surface area (Å²) in [6.07, 6.45) is -0.862. The Labute approximate surface area is 188 Å². The number of likely N-dealkylation sites (N-methyl/N-ethyl adjacent to an activating group) is 1. The second-order valence-electron chi connectivity index (χ2n) is 7.51. The maximum atomic E-state index is 12.3. The van der Waals surface area contributed by atoms with Crippen molar-refractivity contribution in [3.8, 4) is 0 Å². The smallest absolute Gasteiger partial charge is 0.278 e. The van der Waals surface area contributed by atoms with E-state index in [1.807, 2.05) is 0 Å². The summed E-state index contributed by atoms with van der Waals surface area (Å²) in [5, 5.41) is 30.2. The molecule has 1 aliphatic rings. The molecule has 0 saturated heterocycles. The fourth-order valence-electron chi connectivity index (χ4n) is 3.41. The molecule has 0 bridgehead atoms. The summed E-state index contributed by atoms with van der Waals surface area (Å²) in [6.45, 7) is 0.984. The van der Waals surface area contributed by atoms with Crippen LogP contribution in [0.4, 0.5) is 23.1 Å². The van der Waals surface area contributed by atoms with E-state index < -0.39 is 30.3 Å². The molecule has 0 aliphatic carbocycles. The number of amides is 1. The third-order valence-corrected chi connectivity index (χ3v) is 5.23. The highest BCUT2D eigenvalue weighted by molar-refractivity contribution is 5.96. The highest BCUT2D eigenvalue weighted by Gasteiger charge is 2.27. The zero-order chi connectivity index (χ0) is 24.1. The Morgan fingerprint density at radius 3 is 2.61 bits per heavy atom. The van der Waals surface area contributed by atoms with Crippen LogP contribution in [0, 0.1) is 0 Å². The molecule has 1 aliphatic heterocycles. The Balaban J connectivity index is 1.58. The van der Waals surface area contributed by atoms with Crippen molar-refractivity contribution < 1.29 is 24.6 Å². The van der Waals surface area contributed by atoms with Crippen LogP contribution in [0.15, 0.2) is 29.1 Å². The van der Waals surface area contributed by atoms with E-state index in [0.717, 1.165) is 0 Å². The van der Waals surface area contributed by atoms with Crippen LogP contribution in [0.5, 0.6) is 0 Å². The topological polar surface area (TPSA) is 208 Å². The number of nitrogens with two attached hydrogens (primary N) is 1. The number of nitrogens with zero attached hydrogens (tertiary/aromatic N) is 2. The first kappa shape index (κ1) is 23.4. The van der Waals surface area contributed by atoms with Gasteiger partial charge in [0.05, 0.1) is 18.1 Å². The van der Waals surface area contributed by atoms with Crippen LogP contribution in [-0.2, 0) is 9.59 Å². The Hall–Kier alpha value is -4.29. The molecular formula is C20H23N7O6-2. The van der Waals surface area contributed by atoms with Gasteiger partial charge >= 0.3 is 0 Å². The van der Waals surface area contributed by atoms with Crippen LogP contribution in [0.2, 0.25) is 0 Å². The number of rotatable bonds is 9. The molecule has 0 spiro atoms. The largest absolute Gasteiger partial charge is 0.550 e. The van der Waals surface area contributed by atoms with Gasteiger partial charge in [-0.15, -0.1) is 0 Å². The normalized spacial score (nSPS) is 15.7. The molecule has 2 atom stereocenters. The number of benzene rings is 1. The van der Waals surface area contributed by atoms with Gasteiger partial charge in [-0.2, -0.15) is 4.98 Å². The molecule has 0 saturated carbocycles. The van der Waals surface area contributed by atoms with Crippen molar-refractivity contribution in [2.75, 3.05) is 41.4 Å². The monoisotopic (exact) mass is 457 g/mol. The molecule has 13 heteroatoms. The van der Waals surface area contributed by atoms with Gasteiger partial charge in [-0.05, 0) is 37.1 Å². The molecule has 6 N–H and O–H groups in total. The van der Waals surface area contributed by atoms with E-state index in [2.05, 4.69) is 25.9 Å². The second-order valence-corrected chi connectivity index (χ2v) is 7.51. The fraction of sp³-hybridized carbons (Fsp3) is 0.350. The van der Waals surface area contributed by atoms with Gasteiger partial charge in [0, 0.05) is 37.4 Å². The number of hydrogen-bond donors (Lipinski definition) is 5. The standard InChI is InChI=1S/C20H25N7O6/c1-27-12(9-23-16-15(27)18(31)26-20(21)25-16)8-22-11-4-2-10(3-5-11)17(30)24-13(19(32)33)6-7-14(28)29/h2-5,12-13,22H,6-9H2,1H3,(H,24,30)(H,28,29)(H,32,33)(H4,21,23,25,26,31)/p-2. The van der Waals surface area contributed by atoms with E-state index >= 15 is 0 Å².